The first-order valence-electron chi connectivity index (χ1n) is 12.1. The van der Waals surface area contributed by atoms with E-state index in [0.29, 0.717) is 17.7 Å². The van der Waals surface area contributed by atoms with E-state index in [1.54, 1.807) is 24.3 Å². The van der Waals surface area contributed by atoms with Crippen molar-refractivity contribution in [2.24, 2.45) is 5.73 Å². The van der Waals surface area contributed by atoms with Crippen LogP contribution >= 0.6 is 0 Å². The number of rotatable bonds is 6. The number of fused-ring (bicyclic) bond motifs is 1. The Balaban J connectivity index is 0.00000141. The van der Waals surface area contributed by atoms with E-state index in [4.69, 9.17) is 5.73 Å². The molecule has 0 radical (unpaired) electrons. The van der Waals surface area contributed by atoms with Crippen LogP contribution in [0, 0.1) is 0 Å². The lowest BCUT2D eigenvalue weighted by molar-refractivity contribution is 0.0643. The number of nitrogens with zero attached hydrogens (tertiary/aromatic N) is 3. The summed E-state index contributed by atoms with van der Waals surface area (Å²) in [6.07, 6.45) is 3.48. The molecule has 0 aromatic heterocycles. The zero-order valence-electron chi connectivity index (χ0n) is 19.9. The van der Waals surface area contributed by atoms with E-state index in [-0.39, 0.29) is 23.0 Å². The first-order valence-corrected chi connectivity index (χ1v) is 12.1. The van der Waals surface area contributed by atoms with Crippen LogP contribution in [0.25, 0.3) is 0 Å². The highest BCUT2D eigenvalue weighted by atomic mass is 16.1. The molecule has 2 aliphatic heterocycles. The lowest BCUT2D eigenvalue weighted by atomic mass is 9.90. The summed E-state index contributed by atoms with van der Waals surface area (Å²) >= 11 is 0. The fourth-order valence-electron chi connectivity index (χ4n) is 4.80. The maximum atomic E-state index is 12.7. The van der Waals surface area contributed by atoms with Crippen LogP contribution in [0.3, 0.4) is 0 Å². The molecule has 0 amide bonds. The van der Waals surface area contributed by atoms with Gasteiger partial charge in [-0.15, -0.1) is 0 Å². The van der Waals surface area contributed by atoms with Crippen LogP contribution in [0.5, 0.6) is 0 Å². The average molecular weight is 442 g/mol. The molecule has 2 saturated heterocycles. The molecular formula is C25H39N5O2. The van der Waals surface area contributed by atoms with E-state index in [1.165, 1.54) is 25.9 Å². The summed E-state index contributed by atoms with van der Waals surface area (Å²) in [7, 11) is 2.21. The van der Waals surface area contributed by atoms with Gasteiger partial charge >= 0.3 is 0 Å². The highest BCUT2D eigenvalue weighted by molar-refractivity contribution is 6.26. The van der Waals surface area contributed by atoms with Crippen molar-refractivity contribution < 1.29 is 9.59 Å². The number of hydrogen-bond donors (Lipinski definition) is 2. The fraction of sp³-hybridized carbons (Fsp3) is 0.600. The van der Waals surface area contributed by atoms with Crippen LogP contribution in [-0.4, -0.2) is 91.7 Å². The number of Topliss-reactive ketones (excluding diaryl/α,β-unsaturated/α-hetero) is 2. The number of nitrogens with one attached hydrogen (secondary N) is 1. The number of likely N-dealkylation sites (tertiary alicyclic amines) is 1. The Hall–Kier alpha value is -2.22. The SMILES string of the molecule is CC.CN1CCC(N2CCN(CCCNC3=C(N)C(=O)c4ccccc4C3=O)CC2)CC1. The third-order valence-electron chi connectivity index (χ3n) is 6.72. The summed E-state index contributed by atoms with van der Waals surface area (Å²) in [4.78, 5) is 32.7. The van der Waals surface area contributed by atoms with E-state index in [0.717, 1.165) is 45.2 Å². The monoisotopic (exact) mass is 441 g/mol. The van der Waals surface area contributed by atoms with Crippen LogP contribution in [0.2, 0.25) is 0 Å². The van der Waals surface area contributed by atoms with Gasteiger partial charge in [-0.2, -0.15) is 0 Å². The van der Waals surface area contributed by atoms with Crippen LogP contribution in [-0.2, 0) is 0 Å². The molecule has 4 rings (SSSR count). The second-order valence-electron chi connectivity index (χ2n) is 8.68. The highest BCUT2D eigenvalue weighted by Crippen LogP contribution is 2.22. The molecular weight excluding hydrogens is 402 g/mol. The van der Waals surface area contributed by atoms with Crippen molar-refractivity contribution >= 4 is 11.6 Å². The number of piperidine rings is 1. The van der Waals surface area contributed by atoms with Gasteiger partial charge in [0.2, 0.25) is 11.6 Å². The summed E-state index contributed by atoms with van der Waals surface area (Å²) in [5, 5.41) is 3.14. The average Bonchev–Trinajstić information content (AvgIpc) is 2.84. The smallest absolute Gasteiger partial charge is 0.211 e. The second-order valence-corrected chi connectivity index (χ2v) is 8.68. The molecule has 1 aromatic rings. The molecule has 0 spiro atoms. The predicted octanol–water partition coefficient (Wildman–Crippen LogP) is 1.95. The molecule has 0 unspecified atom stereocenters. The van der Waals surface area contributed by atoms with Gasteiger partial charge in [0.25, 0.3) is 0 Å². The number of allylic oxidation sites excluding steroid dienone is 2. The number of benzene rings is 1. The summed E-state index contributed by atoms with van der Waals surface area (Å²) in [6.45, 7) is 12.5. The number of hydrogen-bond acceptors (Lipinski definition) is 7. The summed E-state index contributed by atoms with van der Waals surface area (Å²) in [5.74, 6) is -0.452. The molecule has 32 heavy (non-hydrogen) atoms. The normalized spacial score (nSPS) is 21.2. The molecule has 3 aliphatic rings. The molecule has 3 N–H and O–H groups in total. The molecule has 1 aromatic carbocycles. The van der Waals surface area contributed by atoms with Gasteiger partial charge in [0.1, 0.15) is 11.4 Å². The Bertz CT molecular complexity index is 821. The molecule has 0 atom stereocenters. The Labute approximate surface area is 192 Å². The minimum atomic E-state index is -0.266. The number of ketones is 2. The van der Waals surface area contributed by atoms with E-state index in [2.05, 4.69) is 27.1 Å². The topological polar surface area (TPSA) is 81.9 Å². The standard InChI is InChI=1S/C23H33N5O2.C2H6/c1-26-11-7-17(8-12-26)28-15-13-27(14-16-28)10-4-9-25-21-20(24)22(29)18-5-2-3-6-19(18)23(21)30;1-2/h2-3,5-6,17,25H,4,7-16,24H2,1H3;1-2H3. The van der Waals surface area contributed by atoms with Crippen LogP contribution < -0.4 is 11.1 Å². The summed E-state index contributed by atoms with van der Waals surface area (Å²) in [5.41, 5.74) is 7.09. The third kappa shape index (κ3) is 5.57. The minimum absolute atomic E-state index is 0.0328. The Morgan fingerprint density at radius 3 is 2.16 bits per heavy atom. The van der Waals surface area contributed by atoms with Crippen molar-refractivity contribution in [2.75, 3.05) is 59.4 Å². The number of carbonyl (C=O) groups excluding carboxylic acids is 2. The zero-order valence-corrected chi connectivity index (χ0v) is 19.9. The van der Waals surface area contributed by atoms with Crippen molar-refractivity contribution in [1.82, 2.24) is 20.0 Å². The lowest BCUT2D eigenvalue weighted by Crippen LogP contribution is -2.53. The van der Waals surface area contributed by atoms with Crippen molar-refractivity contribution in [3.05, 3.63) is 46.8 Å². The van der Waals surface area contributed by atoms with Gasteiger partial charge in [0.15, 0.2) is 0 Å². The van der Waals surface area contributed by atoms with E-state index in [9.17, 15) is 9.59 Å². The van der Waals surface area contributed by atoms with E-state index in [1.807, 2.05) is 13.8 Å². The van der Waals surface area contributed by atoms with Gasteiger partial charge in [0, 0.05) is 49.9 Å². The Morgan fingerprint density at radius 1 is 0.938 bits per heavy atom. The molecule has 2 fully saturated rings. The van der Waals surface area contributed by atoms with Crippen LogP contribution in [0.4, 0.5) is 0 Å². The van der Waals surface area contributed by atoms with Gasteiger partial charge in [-0.1, -0.05) is 38.1 Å². The number of piperazine rings is 1. The minimum Gasteiger partial charge on any atom is -0.394 e. The Morgan fingerprint density at radius 2 is 1.53 bits per heavy atom. The van der Waals surface area contributed by atoms with Gasteiger partial charge in [0.05, 0.1) is 0 Å². The van der Waals surface area contributed by atoms with Gasteiger partial charge in [-0.25, -0.2) is 0 Å². The molecule has 176 valence electrons. The number of carbonyl (C=O) groups is 2. The molecule has 2 heterocycles. The maximum absolute atomic E-state index is 12.7. The molecule has 0 bridgehead atoms. The third-order valence-corrected chi connectivity index (χ3v) is 6.72. The fourth-order valence-corrected chi connectivity index (χ4v) is 4.80. The van der Waals surface area contributed by atoms with Crippen molar-refractivity contribution in [1.29, 1.82) is 0 Å². The molecule has 1 aliphatic carbocycles. The quantitative estimate of drug-likeness (QED) is 0.653. The van der Waals surface area contributed by atoms with Gasteiger partial charge in [-0.05, 0) is 45.9 Å². The predicted molar refractivity (Wildman–Crippen MR) is 129 cm³/mol. The van der Waals surface area contributed by atoms with Crippen molar-refractivity contribution in [3.63, 3.8) is 0 Å². The maximum Gasteiger partial charge on any atom is 0.211 e. The first kappa shape index (κ1) is 24.4. The van der Waals surface area contributed by atoms with E-state index < -0.39 is 0 Å². The van der Waals surface area contributed by atoms with Crippen LogP contribution in [0.1, 0.15) is 53.8 Å². The van der Waals surface area contributed by atoms with Crippen LogP contribution in [0.15, 0.2) is 35.7 Å². The molecule has 7 heteroatoms. The second kappa shape index (κ2) is 11.6. The van der Waals surface area contributed by atoms with Gasteiger partial charge < -0.3 is 20.9 Å². The first-order chi connectivity index (χ1) is 15.5. The molecule has 0 saturated carbocycles. The Kier molecular flexibility index (Phi) is 8.84. The van der Waals surface area contributed by atoms with Crippen molar-refractivity contribution in [3.8, 4) is 0 Å². The van der Waals surface area contributed by atoms with Crippen molar-refractivity contribution in [2.45, 2.75) is 39.2 Å². The summed E-state index contributed by atoms with van der Waals surface area (Å²) < 4.78 is 0. The number of nitrogens with two attached hydrogens (primary N) is 1. The largest absolute Gasteiger partial charge is 0.394 e. The highest BCUT2D eigenvalue weighted by Gasteiger charge is 2.30. The lowest BCUT2D eigenvalue weighted by Gasteiger charge is -2.42. The summed E-state index contributed by atoms with van der Waals surface area (Å²) in [6, 6.07) is 7.62. The molecule has 7 nitrogen and oxygen atoms in total. The zero-order chi connectivity index (χ0) is 23.1. The van der Waals surface area contributed by atoms with Gasteiger partial charge in [-0.3, -0.25) is 14.5 Å². The van der Waals surface area contributed by atoms with E-state index >= 15 is 0 Å².